The molecule has 2 aliphatic heterocycles. The van der Waals surface area contributed by atoms with Crippen molar-refractivity contribution in [2.45, 2.75) is 31.2 Å². The minimum atomic E-state index is 0.540. The zero-order valence-electron chi connectivity index (χ0n) is 13.0. The molecule has 1 aromatic carbocycles. The molecule has 1 aromatic rings. The van der Waals surface area contributed by atoms with Gasteiger partial charge in [-0.1, -0.05) is 0 Å². The first-order valence-corrected chi connectivity index (χ1v) is 7.85. The lowest BCUT2D eigenvalue weighted by Gasteiger charge is -2.31. The van der Waals surface area contributed by atoms with Crippen LogP contribution in [0.1, 0.15) is 30.7 Å². The summed E-state index contributed by atoms with van der Waals surface area (Å²) in [6, 6.07) is 6.82. The SMILES string of the molecule is COc1ccc(OC)c([C@H]2CCN(C3CCOCC3)C2)c1. The van der Waals surface area contributed by atoms with Crippen LogP contribution in [0.15, 0.2) is 18.2 Å². The molecule has 0 aliphatic carbocycles. The van der Waals surface area contributed by atoms with E-state index in [-0.39, 0.29) is 0 Å². The Morgan fingerprint density at radius 2 is 1.90 bits per heavy atom. The molecule has 4 heteroatoms. The second kappa shape index (κ2) is 6.67. The van der Waals surface area contributed by atoms with Gasteiger partial charge in [0.1, 0.15) is 11.5 Å². The normalized spacial score (nSPS) is 24.2. The summed E-state index contributed by atoms with van der Waals surface area (Å²) in [7, 11) is 3.46. The molecule has 21 heavy (non-hydrogen) atoms. The van der Waals surface area contributed by atoms with Gasteiger partial charge in [-0.25, -0.2) is 0 Å². The summed E-state index contributed by atoms with van der Waals surface area (Å²) in [5, 5.41) is 0. The predicted molar refractivity (Wildman–Crippen MR) is 82.3 cm³/mol. The van der Waals surface area contributed by atoms with Gasteiger partial charge in [-0.2, -0.15) is 0 Å². The molecule has 2 aliphatic rings. The second-order valence-electron chi connectivity index (χ2n) is 5.93. The van der Waals surface area contributed by atoms with Crippen LogP contribution < -0.4 is 9.47 Å². The minimum Gasteiger partial charge on any atom is -0.497 e. The molecule has 2 saturated heterocycles. The number of benzene rings is 1. The smallest absolute Gasteiger partial charge is 0.122 e. The van der Waals surface area contributed by atoms with Gasteiger partial charge in [0.15, 0.2) is 0 Å². The highest BCUT2D eigenvalue weighted by Crippen LogP contribution is 2.37. The van der Waals surface area contributed by atoms with Gasteiger partial charge in [0.25, 0.3) is 0 Å². The summed E-state index contributed by atoms with van der Waals surface area (Å²) in [6.45, 7) is 4.12. The van der Waals surface area contributed by atoms with Gasteiger partial charge in [-0.3, -0.25) is 4.90 Å². The van der Waals surface area contributed by atoms with Crippen LogP contribution >= 0.6 is 0 Å². The number of likely N-dealkylation sites (tertiary alicyclic amines) is 1. The Kier molecular flexibility index (Phi) is 4.66. The van der Waals surface area contributed by atoms with E-state index >= 15 is 0 Å². The molecule has 2 fully saturated rings. The van der Waals surface area contributed by atoms with E-state index in [4.69, 9.17) is 14.2 Å². The Bertz CT molecular complexity index is 471. The van der Waals surface area contributed by atoms with E-state index < -0.39 is 0 Å². The quantitative estimate of drug-likeness (QED) is 0.853. The summed E-state index contributed by atoms with van der Waals surface area (Å²) in [5.41, 5.74) is 1.28. The Labute approximate surface area is 127 Å². The summed E-state index contributed by atoms with van der Waals surface area (Å²) >= 11 is 0. The Morgan fingerprint density at radius 3 is 2.62 bits per heavy atom. The van der Waals surface area contributed by atoms with E-state index in [2.05, 4.69) is 11.0 Å². The number of ether oxygens (including phenoxy) is 3. The monoisotopic (exact) mass is 291 g/mol. The summed E-state index contributed by atoms with van der Waals surface area (Å²) < 4.78 is 16.4. The average molecular weight is 291 g/mol. The maximum absolute atomic E-state index is 5.54. The molecule has 0 N–H and O–H groups in total. The van der Waals surface area contributed by atoms with Crippen LogP contribution in [0.5, 0.6) is 11.5 Å². The highest BCUT2D eigenvalue weighted by Gasteiger charge is 2.31. The number of rotatable bonds is 4. The molecular formula is C17H25NO3. The molecule has 0 bridgehead atoms. The van der Waals surface area contributed by atoms with Crippen molar-refractivity contribution in [3.05, 3.63) is 23.8 Å². The van der Waals surface area contributed by atoms with Crippen LogP contribution in [0, 0.1) is 0 Å². The average Bonchev–Trinajstić information content (AvgIpc) is 3.05. The zero-order valence-corrected chi connectivity index (χ0v) is 13.0. The summed E-state index contributed by atoms with van der Waals surface area (Å²) in [6.07, 6.45) is 3.53. The molecule has 0 saturated carbocycles. The molecule has 0 amide bonds. The summed E-state index contributed by atoms with van der Waals surface area (Å²) in [5.74, 6) is 2.43. The fraction of sp³-hybridized carbons (Fsp3) is 0.647. The maximum Gasteiger partial charge on any atom is 0.122 e. The van der Waals surface area contributed by atoms with Gasteiger partial charge >= 0.3 is 0 Å². The van der Waals surface area contributed by atoms with Gasteiger partial charge in [0.05, 0.1) is 14.2 Å². The molecule has 0 spiro atoms. The third-order valence-electron chi connectivity index (χ3n) is 4.80. The molecule has 4 nitrogen and oxygen atoms in total. The molecule has 116 valence electrons. The summed E-state index contributed by atoms with van der Waals surface area (Å²) in [4.78, 5) is 2.63. The largest absolute Gasteiger partial charge is 0.497 e. The van der Waals surface area contributed by atoms with Crippen molar-refractivity contribution in [1.82, 2.24) is 4.90 Å². The van der Waals surface area contributed by atoms with Crippen molar-refractivity contribution < 1.29 is 14.2 Å². The van der Waals surface area contributed by atoms with E-state index in [1.165, 1.54) is 31.4 Å². The molecule has 0 radical (unpaired) electrons. The third kappa shape index (κ3) is 3.16. The highest BCUT2D eigenvalue weighted by molar-refractivity contribution is 5.43. The lowest BCUT2D eigenvalue weighted by Crippen LogP contribution is -2.37. The highest BCUT2D eigenvalue weighted by atomic mass is 16.5. The van der Waals surface area contributed by atoms with E-state index in [1.54, 1.807) is 14.2 Å². The fourth-order valence-corrected chi connectivity index (χ4v) is 3.58. The Morgan fingerprint density at radius 1 is 1.10 bits per heavy atom. The van der Waals surface area contributed by atoms with Crippen LogP contribution in [0.3, 0.4) is 0 Å². The first-order valence-electron chi connectivity index (χ1n) is 7.85. The maximum atomic E-state index is 5.54. The molecule has 2 heterocycles. The Hall–Kier alpha value is -1.26. The Balaban J connectivity index is 1.72. The predicted octanol–water partition coefficient (Wildman–Crippen LogP) is 2.67. The van der Waals surface area contributed by atoms with Crippen molar-refractivity contribution in [1.29, 1.82) is 0 Å². The number of hydrogen-bond donors (Lipinski definition) is 0. The third-order valence-corrected chi connectivity index (χ3v) is 4.80. The van der Waals surface area contributed by atoms with Crippen LogP contribution in [-0.4, -0.2) is 51.5 Å². The van der Waals surface area contributed by atoms with Gasteiger partial charge < -0.3 is 14.2 Å². The number of nitrogens with zero attached hydrogens (tertiary/aromatic N) is 1. The first kappa shape index (κ1) is 14.7. The van der Waals surface area contributed by atoms with E-state index in [1.807, 2.05) is 12.1 Å². The van der Waals surface area contributed by atoms with E-state index in [0.717, 1.165) is 31.3 Å². The molecule has 0 aromatic heterocycles. The van der Waals surface area contributed by atoms with Crippen LogP contribution in [0.2, 0.25) is 0 Å². The number of methoxy groups -OCH3 is 2. The standard InChI is InChI=1S/C17H25NO3/c1-19-15-3-4-17(20-2)16(11-15)13-5-8-18(12-13)14-6-9-21-10-7-14/h3-4,11,13-14H,5-10,12H2,1-2H3/t13-/m0/s1. The second-order valence-corrected chi connectivity index (χ2v) is 5.93. The molecule has 1 atom stereocenters. The molecule has 0 unspecified atom stereocenters. The van der Waals surface area contributed by atoms with E-state index in [0.29, 0.717) is 12.0 Å². The van der Waals surface area contributed by atoms with Crippen molar-refractivity contribution in [3.8, 4) is 11.5 Å². The van der Waals surface area contributed by atoms with Gasteiger partial charge in [-0.05, 0) is 44.0 Å². The van der Waals surface area contributed by atoms with Crippen LogP contribution in [-0.2, 0) is 4.74 Å². The number of hydrogen-bond acceptors (Lipinski definition) is 4. The zero-order chi connectivity index (χ0) is 14.7. The molecule has 3 rings (SSSR count). The van der Waals surface area contributed by atoms with Crippen LogP contribution in [0.4, 0.5) is 0 Å². The van der Waals surface area contributed by atoms with Gasteiger partial charge in [0, 0.05) is 37.3 Å². The topological polar surface area (TPSA) is 30.9 Å². The lowest BCUT2D eigenvalue weighted by molar-refractivity contribution is 0.0419. The van der Waals surface area contributed by atoms with E-state index in [9.17, 15) is 0 Å². The minimum absolute atomic E-state index is 0.540. The van der Waals surface area contributed by atoms with Crippen molar-refractivity contribution in [2.75, 3.05) is 40.5 Å². The lowest BCUT2D eigenvalue weighted by atomic mass is 9.97. The van der Waals surface area contributed by atoms with Crippen LogP contribution in [0.25, 0.3) is 0 Å². The van der Waals surface area contributed by atoms with Crippen molar-refractivity contribution in [3.63, 3.8) is 0 Å². The van der Waals surface area contributed by atoms with Gasteiger partial charge in [0.2, 0.25) is 0 Å². The van der Waals surface area contributed by atoms with Crippen molar-refractivity contribution >= 4 is 0 Å². The van der Waals surface area contributed by atoms with Gasteiger partial charge in [-0.15, -0.1) is 0 Å². The first-order chi connectivity index (χ1) is 10.3. The fourth-order valence-electron chi connectivity index (χ4n) is 3.58. The van der Waals surface area contributed by atoms with Crippen molar-refractivity contribution in [2.24, 2.45) is 0 Å². The molecular weight excluding hydrogens is 266 g/mol.